The summed E-state index contributed by atoms with van der Waals surface area (Å²) in [7, 11) is 1.69. The molecule has 2 aromatic rings. The molecule has 148 valence electrons. The van der Waals surface area contributed by atoms with Gasteiger partial charge in [-0.15, -0.1) is 0 Å². The van der Waals surface area contributed by atoms with Gasteiger partial charge in [-0.05, 0) is 11.6 Å². The number of likely N-dealkylation sites (tertiary alicyclic amines) is 2. The molecule has 5 heteroatoms. The summed E-state index contributed by atoms with van der Waals surface area (Å²) < 4.78 is 5.54. The fourth-order valence-electron chi connectivity index (χ4n) is 5.05. The molecule has 5 nitrogen and oxygen atoms in total. The predicted octanol–water partition coefficient (Wildman–Crippen LogP) is 2.65. The van der Waals surface area contributed by atoms with Crippen LogP contribution in [0.2, 0.25) is 0 Å². The lowest BCUT2D eigenvalue weighted by atomic mass is 9.60. The zero-order chi connectivity index (χ0) is 19.7. The minimum absolute atomic E-state index is 0.0335. The fraction of sp³-hybridized carbons (Fsp3) is 0.435. The molecule has 0 aliphatic carbocycles. The molecule has 2 aromatic carbocycles. The molecule has 0 unspecified atom stereocenters. The number of para-hydroxylation sites is 1. The maximum absolute atomic E-state index is 12.2. The molecule has 2 aliphatic rings. The predicted molar refractivity (Wildman–Crippen MR) is 108 cm³/mol. The second kappa shape index (κ2) is 7.57. The lowest BCUT2D eigenvalue weighted by molar-refractivity contribution is -0.200. The van der Waals surface area contributed by atoms with Crippen LogP contribution in [0.5, 0.6) is 5.75 Å². The second-order valence-corrected chi connectivity index (χ2v) is 7.78. The van der Waals surface area contributed by atoms with Gasteiger partial charge in [0.15, 0.2) is 0 Å². The summed E-state index contributed by atoms with van der Waals surface area (Å²) in [5.74, 6) is 1.27. The summed E-state index contributed by atoms with van der Waals surface area (Å²) in [6, 6.07) is 18.5. The summed E-state index contributed by atoms with van der Waals surface area (Å²) >= 11 is 0. The molecule has 2 atom stereocenters. The van der Waals surface area contributed by atoms with Gasteiger partial charge in [-0.1, -0.05) is 55.5 Å². The Kier molecular flexibility index (Phi) is 5.13. The monoisotopic (exact) mass is 380 g/mol. The quantitative estimate of drug-likeness (QED) is 0.837. The van der Waals surface area contributed by atoms with Crippen molar-refractivity contribution in [2.75, 3.05) is 26.8 Å². The van der Waals surface area contributed by atoms with Gasteiger partial charge in [0.05, 0.1) is 19.3 Å². The molecule has 2 heterocycles. The molecule has 2 saturated heterocycles. The number of methoxy groups -OCH3 is 1. The summed E-state index contributed by atoms with van der Waals surface area (Å²) in [5.41, 5.74) is 2.22. The Hall–Kier alpha value is -2.37. The van der Waals surface area contributed by atoms with Crippen LogP contribution in [-0.2, 0) is 11.3 Å². The van der Waals surface area contributed by atoms with E-state index < -0.39 is 0 Å². The number of carbonyl (C=O) groups excluding carboxylic acids is 1. The van der Waals surface area contributed by atoms with E-state index in [4.69, 9.17) is 4.74 Å². The van der Waals surface area contributed by atoms with E-state index in [1.54, 1.807) is 7.11 Å². The van der Waals surface area contributed by atoms with Gasteiger partial charge in [0.2, 0.25) is 5.91 Å². The molecule has 2 fully saturated rings. The van der Waals surface area contributed by atoms with E-state index in [0.717, 1.165) is 11.3 Å². The van der Waals surface area contributed by atoms with Crippen LogP contribution in [-0.4, -0.2) is 59.2 Å². The number of hydrogen-bond donors (Lipinski definition) is 1. The Morgan fingerprint density at radius 2 is 1.82 bits per heavy atom. The fourth-order valence-corrected chi connectivity index (χ4v) is 5.05. The molecule has 0 saturated carbocycles. The molecular weight excluding hydrogens is 352 g/mol. The van der Waals surface area contributed by atoms with Crippen molar-refractivity contribution in [3.8, 4) is 5.75 Å². The highest BCUT2D eigenvalue weighted by Gasteiger charge is 2.66. The van der Waals surface area contributed by atoms with Crippen molar-refractivity contribution in [2.45, 2.75) is 37.4 Å². The van der Waals surface area contributed by atoms with Gasteiger partial charge in [-0.3, -0.25) is 9.69 Å². The van der Waals surface area contributed by atoms with Gasteiger partial charge in [0.1, 0.15) is 5.75 Å². The maximum Gasteiger partial charge on any atom is 0.222 e. The number of carbonyl (C=O) groups is 1. The minimum Gasteiger partial charge on any atom is -0.496 e. The molecule has 1 amide bonds. The molecule has 28 heavy (non-hydrogen) atoms. The summed E-state index contributed by atoms with van der Waals surface area (Å²) in [4.78, 5) is 16.5. The van der Waals surface area contributed by atoms with Crippen LogP contribution in [0, 0.1) is 0 Å². The molecule has 0 radical (unpaired) electrons. The van der Waals surface area contributed by atoms with Crippen LogP contribution < -0.4 is 4.74 Å². The minimum atomic E-state index is -0.125. The van der Waals surface area contributed by atoms with E-state index in [1.165, 1.54) is 5.56 Å². The third-order valence-corrected chi connectivity index (χ3v) is 6.40. The van der Waals surface area contributed by atoms with Gasteiger partial charge >= 0.3 is 0 Å². The Bertz CT molecular complexity index is 833. The van der Waals surface area contributed by atoms with Crippen LogP contribution in [0.4, 0.5) is 0 Å². The Morgan fingerprint density at radius 3 is 2.46 bits per heavy atom. The maximum atomic E-state index is 12.2. The number of amides is 1. The third kappa shape index (κ3) is 2.90. The summed E-state index contributed by atoms with van der Waals surface area (Å²) in [6.45, 7) is 4.13. The van der Waals surface area contributed by atoms with Crippen molar-refractivity contribution in [1.29, 1.82) is 0 Å². The SMILES string of the molecule is CCC(=O)N1CC2(C1)[C@H](c1ccccc1)[C@H](CO)N2Cc1ccccc1OC. The van der Waals surface area contributed by atoms with Gasteiger partial charge in [0, 0.05) is 43.6 Å². The molecule has 2 aliphatic heterocycles. The van der Waals surface area contributed by atoms with E-state index in [1.807, 2.05) is 48.2 Å². The van der Waals surface area contributed by atoms with E-state index in [-0.39, 0.29) is 30.0 Å². The van der Waals surface area contributed by atoms with Crippen molar-refractivity contribution in [3.63, 3.8) is 0 Å². The van der Waals surface area contributed by atoms with Crippen molar-refractivity contribution in [2.24, 2.45) is 0 Å². The van der Waals surface area contributed by atoms with E-state index in [9.17, 15) is 9.90 Å². The first-order valence-corrected chi connectivity index (χ1v) is 9.97. The summed E-state index contributed by atoms with van der Waals surface area (Å²) in [5, 5.41) is 10.2. The highest BCUT2D eigenvalue weighted by atomic mass is 16.5. The van der Waals surface area contributed by atoms with Crippen LogP contribution in [0.15, 0.2) is 54.6 Å². The number of aliphatic hydroxyl groups excluding tert-OH is 1. The van der Waals surface area contributed by atoms with Crippen molar-refractivity contribution < 1.29 is 14.6 Å². The number of ether oxygens (including phenoxy) is 1. The number of rotatable bonds is 6. The van der Waals surface area contributed by atoms with Crippen LogP contribution in [0.25, 0.3) is 0 Å². The zero-order valence-electron chi connectivity index (χ0n) is 16.5. The van der Waals surface area contributed by atoms with E-state index in [2.05, 4.69) is 23.1 Å². The van der Waals surface area contributed by atoms with Gasteiger partial charge < -0.3 is 14.7 Å². The highest BCUT2D eigenvalue weighted by molar-refractivity contribution is 5.77. The molecule has 0 aromatic heterocycles. The molecular formula is C23H28N2O3. The lowest BCUT2D eigenvalue weighted by Crippen LogP contribution is -2.84. The Balaban J connectivity index is 1.65. The number of hydrogen-bond acceptors (Lipinski definition) is 4. The van der Waals surface area contributed by atoms with Gasteiger partial charge in [-0.2, -0.15) is 0 Å². The lowest BCUT2D eigenvalue weighted by Gasteiger charge is -2.71. The highest BCUT2D eigenvalue weighted by Crippen LogP contribution is 2.54. The van der Waals surface area contributed by atoms with Crippen molar-refractivity contribution in [1.82, 2.24) is 9.80 Å². The summed E-state index contributed by atoms with van der Waals surface area (Å²) in [6.07, 6.45) is 0.530. The molecule has 1 spiro atoms. The molecule has 1 N–H and O–H groups in total. The zero-order valence-corrected chi connectivity index (χ0v) is 16.5. The molecule has 4 rings (SSSR count). The van der Waals surface area contributed by atoms with Crippen molar-refractivity contribution >= 4 is 5.91 Å². The normalized spacial score (nSPS) is 23.2. The van der Waals surface area contributed by atoms with Crippen LogP contribution in [0.3, 0.4) is 0 Å². The second-order valence-electron chi connectivity index (χ2n) is 7.78. The standard InChI is InChI=1S/C23H28N2O3/c1-3-21(27)24-15-23(16-24)22(17-9-5-4-6-10-17)19(14-26)25(23)13-18-11-7-8-12-20(18)28-2/h4-12,19,22,26H,3,13-16H2,1-2H3/t19-,22+/m0/s1. The topological polar surface area (TPSA) is 53.0 Å². The largest absolute Gasteiger partial charge is 0.496 e. The van der Waals surface area contributed by atoms with Crippen molar-refractivity contribution in [3.05, 3.63) is 65.7 Å². The smallest absolute Gasteiger partial charge is 0.222 e. The average Bonchev–Trinajstić information content (AvgIpc) is 2.70. The Morgan fingerprint density at radius 1 is 1.14 bits per heavy atom. The first-order valence-electron chi connectivity index (χ1n) is 9.97. The first kappa shape index (κ1) is 19.0. The number of benzene rings is 2. The van der Waals surface area contributed by atoms with Gasteiger partial charge in [0.25, 0.3) is 0 Å². The average molecular weight is 380 g/mol. The van der Waals surface area contributed by atoms with E-state index in [0.29, 0.717) is 26.1 Å². The third-order valence-electron chi connectivity index (χ3n) is 6.40. The van der Waals surface area contributed by atoms with Gasteiger partial charge in [-0.25, -0.2) is 0 Å². The van der Waals surface area contributed by atoms with Crippen LogP contribution in [0.1, 0.15) is 30.4 Å². The number of aliphatic hydroxyl groups is 1. The Labute approximate surface area is 166 Å². The van der Waals surface area contributed by atoms with Crippen LogP contribution >= 0.6 is 0 Å². The number of nitrogens with zero attached hydrogens (tertiary/aromatic N) is 2. The van der Waals surface area contributed by atoms with E-state index >= 15 is 0 Å². The first-order chi connectivity index (χ1) is 13.6. The molecule has 0 bridgehead atoms.